The minimum atomic E-state index is -3.83. The summed E-state index contributed by atoms with van der Waals surface area (Å²) in [7, 11) is -2.32. The highest BCUT2D eigenvalue weighted by atomic mass is 32.2. The lowest BCUT2D eigenvalue weighted by Gasteiger charge is -2.21. The Labute approximate surface area is 172 Å². The topological polar surface area (TPSA) is 84.9 Å². The molecule has 0 radical (unpaired) electrons. The second-order valence-corrected chi connectivity index (χ2v) is 8.48. The summed E-state index contributed by atoms with van der Waals surface area (Å²) in [5, 5.41) is 2.74. The molecular formula is C21H28N2O5S. The molecule has 2 aromatic rings. The number of carbonyl (C=O) groups excluding carboxylic acids is 1. The third-order valence-electron chi connectivity index (χ3n) is 4.39. The van der Waals surface area contributed by atoms with Crippen molar-refractivity contribution in [2.75, 3.05) is 32.1 Å². The van der Waals surface area contributed by atoms with Gasteiger partial charge in [0.15, 0.2) is 0 Å². The van der Waals surface area contributed by atoms with Gasteiger partial charge in [-0.3, -0.25) is 4.79 Å². The molecule has 0 saturated heterocycles. The van der Waals surface area contributed by atoms with E-state index in [1.807, 2.05) is 19.9 Å². The van der Waals surface area contributed by atoms with E-state index in [0.29, 0.717) is 23.8 Å². The molecule has 29 heavy (non-hydrogen) atoms. The lowest BCUT2D eigenvalue weighted by molar-refractivity contribution is -0.116. The minimum absolute atomic E-state index is 0.126. The van der Waals surface area contributed by atoms with Crippen LogP contribution in [0.2, 0.25) is 0 Å². The van der Waals surface area contributed by atoms with Crippen LogP contribution in [-0.4, -0.2) is 45.4 Å². The van der Waals surface area contributed by atoms with Gasteiger partial charge in [0.25, 0.3) is 0 Å². The van der Waals surface area contributed by atoms with E-state index in [1.165, 1.54) is 13.2 Å². The Balaban J connectivity index is 2.21. The first kappa shape index (κ1) is 22.7. The van der Waals surface area contributed by atoms with Crippen LogP contribution in [-0.2, 0) is 14.8 Å². The molecule has 0 spiro atoms. The van der Waals surface area contributed by atoms with Crippen molar-refractivity contribution < 1.29 is 22.7 Å². The van der Waals surface area contributed by atoms with Crippen LogP contribution in [0.5, 0.6) is 11.5 Å². The van der Waals surface area contributed by atoms with E-state index in [2.05, 4.69) is 5.32 Å². The van der Waals surface area contributed by atoms with Gasteiger partial charge >= 0.3 is 0 Å². The number of amides is 1. The van der Waals surface area contributed by atoms with Gasteiger partial charge in [0, 0.05) is 6.54 Å². The molecule has 0 heterocycles. The molecule has 0 aliphatic rings. The maximum atomic E-state index is 13.0. The van der Waals surface area contributed by atoms with E-state index in [-0.39, 0.29) is 18.0 Å². The zero-order chi connectivity index (χ0) is 21.6. The molecule has 1 N–H and O–H groups in total. The fourth-order valence-electron chi connectivity index (χ4n) is 2.89. The largest absolute Gasteiger partial charge is 0.495 e. The van der Waals surface area contributed by atoms with Gasteiger partial charge in [0.1, 0.15) is 11.5 Å². The lowest BCUT2D eigenvalue weighted by Crippen LogP contribution is -2.37. The predicted molar refractivity (Wildman–Crippen MR) is 113 cm³/mol. The smallest absolute Gasteiger partial charge is 0.243 e. The van der Waals surface area contributed by atoms with Crippen molar-refractivity contribution in [2.45, 2.75) is 32.6 Å². The molecule has 0 bridgehead atoms. The van der Waals surface area contributed by atoms with Crippen LogP contribution in [0.3, 0.4) is 0 Å². The van der Waals surface area contributed by atoms with Crippen LogP contribution in [0.4, 0.5) is 5.69 Å². The number of methoxy groups -OCH3 is 1. The van der Waals surface area contributed by atoms with Crippen molar-refractivity contribution in [2.24, 2.45) is 0 Å². The van der Waals surface area contributed by atoms with E-state index in [0.717, 1.165) is 15.4 Å². The van der Waals surface area contributed by atoms with E-state index >= 15 is 0 Å². The molecule has 1 amide bonds. The molecule has 7 nitrogen and oxygen atoms in total. The van der Waals surface area contributed by atoms with Crippen molar-refractivity contribution in [3.8, 4) is 11.5 Å². The summed E-state index contributed by atoms with van der Waals surface area (Å²) in [4.78, 5) is 12.7. The van der Waals surface area contributed by atoms with Crippen LogP contribution >= 0.6 is 0 Å². The molecule has 8 heteroatoms. The van der Waals surface area contributed by atoms with E-state index in [4.69, 9.17) is 9.47 Å². The Hall–Kier alpha value is -2.58. The number of ether oxygens (including phenoxy) is 2. The van der Waals surface area contributed by atoms with Gasteiger partial charge in [0.05, 0.1) is 30.8 Å². The number of likely N-dealkylation sites (N-methyl/N-ethyl adjacent to an activating group) is 1. The number of anilines is 1. The Morgan fingerprint density at radius 2 is 1.76 bits per heavy atom. The minimum Gasteiger partial charge on any atom is -0.495 e. The zero-order valence-electron chi connectivity index (χ0n) is 17.5. The Morgan fingerprint density at radius 3 is 2.34 bits per heavy atom. The monoisotopic (exact) mass is 420 g/mol. The fourth-order valence-corrected chi connectivity index (χ4v) is 4.38. The van der Waals surface area contributed by atoms with Crippen LogP contribution in [0.15, 0.2) is 41.3 Å². The van der Waals surface area contributed by atoms with Crippen molar-refractivity contribution in [3.05, 3.63) is 47.5 Å². The first-order valence-corrected chi connectivity index (χ1v) is 10.8. The number of hydrogen-bond acceptors (Lipinski definition) is 5. The molecule has 2 aromatic carbocycles. The van der Waals surface area contributed by atoms with E-state index in [9.17, 15) is 13.2 Å². The predicted octanol–water partition coefficient (Wildman–Crippen LogP) is 3.36. The SMILES string of the molecule is CCOc1ccc(S(=O)(=O)N(CC)CC(=O)Nc2cc(C)ccc2OC)cc1C. The number of benzene rings is 2. The van der Waals surface area contributed by atoms with E-state index < -0.39 is 15.9 Å². The number of carbonyl (C=O) groups is 1. The van der Waals surface area contributed by atoms with Crippen molar-refractivity contribution >= 4 is 21.6 Å². The number of aryl methyl sites for hydroxylation is 2. The summed E-state index contributed by atoms with van der Waals surface area (Å²) in [5.41, 5.74) is 2.17. The number of rotatable bonds is 9. The van der Waals surface area contributed by atoms with Crippen LogP contribution < -0.4 is 14.8 Å². The summed E-state index contributed by atoms with van der Waals surface area (Å²) in [6.45, 7) is 7.60. The number of nitrogens with zero attached hydrogens (tertiary/aromatic N) is 1. The highest BCUT2D eigenvalue weighted by molar-refractivity contribution is 7.89. The fraction of sp³-hybridized carbons (Fsp3) is 0.381. The van der Waals surface area contributed by atoms with Gasteiger partial charge in [-0.1, -0.05) is 13.0 Å². The average Bonchev–Trinajstić information content (AvgIpc) is 2.67. The highest BCUT2D eigenvalue weighted by Gasteiger charge is 2.26. The summed E-state index contributed by atoms with van der Waals surface area (Å²) in [6.07, 6.45) is 0. The molecular weight excluding hydrogens is 392 g/mol. The zero-order valence-corrected chi connectivity index (χ0v) is 18.3. The Kier molecular flexibility index (Phi) is 7.64. The molecule has 0 atom stereocenters. The summed E-state index contributed by atoms with van der Waals surface area (Å²) >= 11 is 0. The number of sulfonamides is 1. The van der Waals surface area contributed by atoms with Crippen LogP contribution in [0.25, 0.3) is 0 Å². The highest BCUT2D eigenvalue weighted by Crippen LogP contribution is 2.26. The summed E-state index contributed by atoms with van der Waals surface area (Å²) in [6, 6.07) is 10.1. The average molecular weight is 421 g/mol. The molecule has 0 aliphatic carbocycles. The first-order chi connectivity index (χ1) is 13.7. The number of nitrogens with one attached hydrogen (secondary N) is 1. The van der Waals surface area contributed by atoms with Gasteiger partial charge in [0.2, 0.25) is 15.9 Å². The second-order valence-electron chi connectivity index (χ2n) is 6.54. The van der Waals surface area contributed by atoms with Gasteiger partial charge in [-0.2, -0.15) is 4.31 Å². The van der Waals surface area contributed by atoms with Crippen molar-refractivity contribution in [1.29, 1.82) is 0 Å². The lowest BCUT2D eigenvalue weighted by atomic mass is 10.2. The molecule has 0 fully saturated rings. The molecule has 158 valence electrons. The van der Waals surface area contributed by atoms with Gasteiger partial charge in [-0.15, -0.1) is 0 Å². The standard InChI is InChI=1S/C21H28N2O5S/c1-6-23(14-21(24)22-18-12-15(3)8-10-20(18)27-5)29(25,26)17-9-11-19(28-7-2)16(4)13-17/h8-13H,6-7,14H2,1-5H3,(H,22,24). The number of hydrogen-bond donors (Lipinski definition) is 1. The maximum Gasteiger partial charge on any atom is 0.243 e. The van der Waals surface area contributed by atoms with Crippen LogP contribution in [0.1, 0.15) is 25.0 Å². The van der Waals surface area contributed by atoms with Crippen LogP contribution in [0, 0.1) is 13.8 Å². The van der Waals surface area contributed by atoms with Crippen molar-refractivity contribution in [1.82, 2.24) is 4.31 Å². The third-order valence-corrected chi connectivity index (χ3v) is 6.30. The molecule has 0 aromatic heterocycles. The van der Waals surface area contributed by atoms with Crippen molar-refractivity contribution in [3.63, 3.8) is 0 Å². The molecule has 0 unspecified atom stereocenters. The quantitative estimate of drug-likeness (QED) is 0.672. The summed E-state index contributed by atoms with van der Waals surface area (Å²) in [5.74, 6) is 0.706. The maximum absolute atomic E-state index is 13.0. The third kappa shape index (κ3) is 5.48. The molecule has 2 rings (SSSR count). The summed E-state index contributed by atoms with van der Waals surface area (Å²) < 4.78 is 37.9. The molecule has 0 aliphatic heterocycles. The second kappa shape index (κ2) is 9.76. The van der Waals surface area contributed by atoms with Gasteiger partial charge < -0.3 is 14.8 Å². The Bertz CT molecular complexity index is 973. The van der Waals surface area contributed by atoms with Gasteiger partial charge in [-0.25, -0.2) is 8.42 Å². The normalized spacial score (nSPS) is 11.4. The first-order valence-electron chi connectivity index (χ1n) is 9.41. The van der Waals surface area contributed by atoms with Gasteiger partial charge in [-0.05, 0) is 62.2 Å². The van der Waals surface area contributed by atoms with E-state index in [1.54, 1.807) is 38.1 Å². The Morgan fingerprint density at radius 1 is 1.07 bits per heavy atom. The molecule has 0 saturated carbocycles.